The molecule has 6 heteroatoms. The minimum atomic E-state index is -0.634. The SMILES string of the molecule is COCCN1C(=O)Cc2ccccc2C1C(=O)NCc1ccccc1Br. The van der Waals surface area contributed by atoms with Crippen LogP contribution in [0.5, 0.6) is 0 Å². The molecule has 0 fully saturated rings. The van der Waals surface area contributed by atoms with Gasteiger partial charge in [-0.15, -0.1) is 0 Å². The van der Waals surface area contributed by atoms with E-state index >= 15 is 0 Å². The van der Waals surface area contributed by atoms with E-state index < -0.39 is 6.04 Å². The van der Waals surface area contributed by atoms with Gasteiger partial charge in [0, 0.05) is 24.7 Å². The summed E-state index contributed by atoms with van der Waals surface area (Å²) in [5.41, 5.74) is 2.78. The van der Waals surface area contributed by atoms with Crippen molar-refractivity contribution in [1.29, 1.82) is 0 Å². The molecule has 0 saturated carbocycles. The number of ether oxygens (including phenoxy) is 1. The molecule has 0 spiro atoms. The van der Waals surface area contributed by atoms with Crippen molar-refractivity contribution >= 4 is 27.7 Å². The lowest BCUT2D eigenvalue weighted by Crippen LogP contribution is -2.48. The van der Waals surface area contributed by atoms with Crippen LogP contribution in [0, 0.1) is 0 Å². The first kappa shape index (κ1) is 18.6. The molecule has 1 aliphatic heterocycles. The fraction of sp³-hybridized carbons (Fsp3) is 0.300. The standard InChI is InChI=1S/C20H21BrN2O3/c1-26-11-10-23-18(24)12-14-6-2-4-8-16(14)19(23)20(25)22-13-15-7-3-5-9-17(15)21/h2-9,19H,10-13H2,1H3,(H,22,25). The zero-order valence-electron chi connectivity index (χ0n) is 14.6. The number of nitrogens with zero attached hydrogens (tertiary/aromatic N) is 1. The van der Waals surface area contributed by atoms with E-state index in [9.17, 15) is 9.59 Å². The zero-order chi connectivity index (χ0) is 18.5. The second-order valence-corrected chi connectivity index (χ2v) is 7.02. The fourth-order valence-corrected chi connectivity index (χ4v) is 3.61. The molecule has 1 N–H and O–H groups in total. The number of methoxy groups -OCH3 is 1. The van der Waals surface area contributed by atoms with Gasteiger partial charge in [0.15, 0.2) is 0 Å². The summed E-state index contributed by atoms with van der Waals surface area (Å²) in [7, 11) is 1.59. The highest BCUT2D eigenvalue weighted by Crippen LogP contribution is 2.30. The zero-order valence-corrected chi connectivity index (χ0v) is 16.2. The second kappa shape index (κ2) is 8.47. The predicted octanol–water partition coefficient (Wildman–Crippen LogP) is 2.84. The van der Waals surface area contributed by atoms with E-state index in [2.05, 4.69) is 21.2 Å². The summed E-state index contributed by atoms with van der Waals surface area (Å²) in [6, 6.07) is 14.7. The number of halogens is 1. The van der Waals surface area contributed by atoms with Gasteiger partial charge in [-0.1, -0.05) is 58.4 Å². The van der Waals surface area contributed by atoms with E-state index in [0.29, 0.717) is 26.1 Å². The molecule has 0 radical (unpaired) electrons. The molecule has 3 rings (SSSR count). The van der Waals surface area contributed by atoms with Crippen LogP contribution < -0.4 is 5.32 Å². The first-order chi connectivity index (χ1) is 12.6. The summed E-state index contributed by atoms with van der Waals surface area (Å²) in [5.74, 6) is -0.237. The van der Waals surface area contributed by atoms with Crippen molar-refractivity contribution in [2.75, 3.05) is 20.3 Å². The van der Waals surface area contributed by atoms with Gasteiger partial charge in [0.1, 0.15) is 6.04 Å². The van der Waals surface area contributed by atoms with E-state index in [-0.39, 0.29) is 11.8 Å². The molecule has 1 aliphatic rings. The third kappa shape index (κ3) is 3.97. The molecule has 0 aromatic heterocycles. The van der Waals surface area contributed by atoms with Crippen LogP contribution in [0.1, 0.15) is 22.7 Å². The largest absolute Gasteiger partial charge is 0.383 e. The van der Waals surface area contributed by atoms with E-state index in [0.717, 1.165) is 21.2 Å². The number of rotatable bonds is 6. The number of hydrogen-bond acceptors (Lipinski definition) is 3. The summed E-state index contributed by atoms with van der Waals surface area (Å²) in [6.07, 6.45) is 0.313. The van der Waals surface area contributed by atoms with Gasteiger partial charge in [0.25, 0.3) is 0 Å². The molecule has 26 heavy (non-hydrogen) atoms. The van der Waals surface area contributed by atoms with Crippen LogP contribution >= 0.6 is 15.9 Å². The molecule has 1 atom stereocenters. The van der Waals surface area contributed by atoms with Crippen molar-refractivity contribution in [3.05, 3.63) is 69.7 Å². The molecule has 2 aromatic carbocycles. The second-order valence-electron chi connectivity index (χ2n) is 6.17. The number of fused-ring (bicyclic) bond motifs is 1. The average molecular weight is 417 g/mol. The first-order valence-corrected chi connectivity index (χ1v) is 9.28. The monoisotopic (exact) mass is 416 g/mol. The number of carbonyl (C=O) groups is 2. The highest BCUT2D eigenvalue weighted by atomic mass is 79.9. The molecular weight excluding hydrogens is 396 g/mol. The number of benzene rings is 2. The Labute approximate surface area is 161 Å². The number of amides is 2. The van der Waals surface area contributed by atoms with E-state index in [4.69, 9.17) is 4.74 Å². The Bertz CT molecular complexity index is 809. The van der Waals surface area contributed by atoms with Gasteiger partial charge in [-0.25, -0.2) is 0 Å². The number of hydrogen-bond donors (Lipinski definition) is 1. The number of nitrogens with one attached hydrogen (secondary N) is 1. The normalized spacial score (nSPS) is 16.3. The third-order valence-electron chi connectivity index (χ3n) is 4.52. The Morgan fingerprint density at radius 3 is 2.73 bits per heavy atom. The van der Waals surface area contributed by atoms with Crippen LogP contribution in [0.4, 0.5) is 0 Å². The van der Waals surface area contributed by atoms with Gasteiger partial charge < -0.3 is 15.0 Å². The highest BCUT2D eigenvalue weighted by Gasteiger charge is 2.36. The summed E-state index contributed by atoms with van der Waals surface area (Å²) >= 11 is 3.49. The lowest BCUT2D eigenvalue weighted by atomic mass is 9.91. The Hall–Kier alpha value is -2.18. The maximum absolute atomic E-state index is 13.0. The molecule has 1 unspecified atom stereocenters. The van der Waals surface area contributed by atoms with Crippen LogP contribution in [0.3, 0.4) is 0 Å². The maximum atomic E-state index is 13.0. The Morgan fingerprint density at radius 1 is 1.23 bits per heavy atom. The smallest absolute Gasteiger partial charge is 0.247 e. The van der Waals surface area contributed by atoms with E-state index in [1.807, 2.05) is 48.5 Å². The third-order valence-corrected chi connectivity index (χ3v) is 5.29. The topological polar surface area (TPSA) is 58.6 Å². The molecule has 2 aromatic rings. The lowest BCUT2D eigenvalue weighted by molar-refractivity contribution is -0.142. The van der Waals surface area contributed by atoms with Crippen LogP contribution in [0.2, 0.25) is 0 Å². The minimum absolute atomic E-state index is 0.0539. The fourth-order valence-electron chi connectivity index (χ4n) is 3.19. The van der Waals surface area contributed by atoms with Crippen LogP contribution in [-0.4, -0.2) is 37.0 Å². The maximum Gasteiger partial charge on any atom is 0.247 e. The van der Waals surface area contributed by atoms with Crippen molar-refractivity contribution < 1.29 is 14.3 Å². The molecular formula is C20H21BrN2O3. The molecule has 0 bridgehead atoms. The van der Waals surface area contributed by atoms with Gasteiger partial charge in [-0.05, 0) is 22.8 Å². The van der Waals surface area contributed by atoms with Gasteiger partial charge in [0.05, 0.1) is 13.0 Å². The van der Waals surface area contributed by atoms with Crippen molar-refractivity contribution in [2.24, 2.45) is 0 Å². The first-order valence-electron chi connectivity index (χ1n) is 8.49. The van der Waals surface area contributed by atoms with Gasteiger partial charge in [-0.2, -0.15) is 0 Å². The van der Waals surface area contributed by atoms with Crippen molar-refractivity contribution in [1.82, 2.24) is 10.2 Å². The van der Waals surface area contributed by atoms with Gasteiger partial charge in [0.2, 0.25) is 11.8 Å². The summed E-state index contributed by atoms with van der Waals surface area (Å²) in [6.45, 7) is 1.17. The van der Waals surface area contributed by atoms with Crippen LogP contribution in [-0.2, 0) is 27.3 Å². The molecule has 1 heterocycles. The van der Waals surface area contributed by atoms with Crippen LogP contribution in [0.15, 0.2) is 53.0 Å². The van der Waals surface area contributed by atoms with Crippen molar-refractivity contribution in [3.8, 4) is 0 Å². The summed E-state index contributed by atoms with van der Waals surface area (Å²) in [4.78, 5) is 27.2. The quantitative estimate of drug-likeness (QED) is 0.787. The molecule has 2 amide bonds. The predicted molar refractivity (Wildman–Crippen MR) is 102 cm³/mol. The Morgan fingerprint density at radius 2 is 1.96 bits per heavy atom. The van der Waals surface area contributed by atoms with Crippen LogP contribution in [0.25, 0.3) is 0 Å². The molecule has 0 saturated heterocycles. The Balaban J connectivity index is 1.84. The van der Waals surface area contributed by atoms with E-state index in [1.165, 1.54) is 0 Å². The van der Waals surface area contributed by atoms with Crippen molar-refractivity contribution in [2.45, 2.75) is 19.0 Å². The average Bonchev–Trinajstić information content (AvgIpc) is 2.65. The Kier molecular flexibility index (Phi) is 6.06. The summed E-state index contributed by atoms with van der Waals surface area (Å²) in [5, 5.41) is 2.97. The lowest BCUT2D eigenvalue weighted by Gasteiger charge is -2.36. The molecule has 136 valence electrons. The summed E-state index contributed by atoms with van der Waals surface area (Å²) < 4.78 is 6.06. The highest BCUT2D eigenvalue weighted by molar-refractivity contribution is 9.10. The van der Waals surface area contributed by atoms with E-state index in [1.54, 1.807) is 12.0 Å². The molecule has 0 aliphatic carbocycles. The van der Waals surface area contributed by atoms with Crippen molar-refractivity contribution in [3.63, 3.8) is 0 Å². The van der Waals surface area contributed by atoms with Gasteiger partial charge in [-0.3, -0.25) is 9.59 Å². The molecule has 5 nitrogen and oxygen atoms in total. The van der Waals surface area contributed by atoms with Gasteiger partial charge >= 0.3 is 0 Å². The number of carbonyl (C=O) groups excluding carboxylic acids is 2. The minimum Gasteiger partial charge on any atom is -0.383 e.